The Bertz CT molecular complexity index is 685. The Balaban J connectivity index is 2.00. The van der Waals surface area contributed by atoms with Gasteiger partial charge in [0, 0.05) is 39.3 Å². The van der Waals surface area contributed by atoms with Crippen LogP contribution in [0.15, 0.2) is 6.20 Å². The first-order chi connectivity index (χ1) is 11.7. The first-order valence-electron chi connectivity index (χ1n) is 8.62. The van der Waals surface area contributed by atoms with Gasteiger partial charge in [-0.2, -0.15) is 17.0 Å². The molecular weight excluding hydrogens is 344 g/mol. The van der Waals surface area contributed by atoms with E-state index in [2.05, 4.69) is 15.6 Å². The number of hydrogen-bond acceptors (Lipinski definition) is 5. The third-order valence-corrected chi connectivity index (χ3v) is 6.21. The number of amides is 1. The SMILES string of the molecule is CC(C)NC(=O)c1cn(CCC2CCCCN2S(=O)(=O)N(C)C)nn1. The lowest BCUT2D eigenvalue weighted by molar-refractivity contribution is 0.0938. The molecular formula is C15H28N6O3S. The van der Waals surface area contributed by atoms with Gasteiger partial charge in [-0.15, -0.1) is 5.10 Å². The minimum Gasteiger partial charge on any atom is -0.348 e. The highest BCUT2D eigenvalue weighted by molar-refractivity contribution is 7.86. The van der Waals surface area contributed by atoms with E-state index < -0.39 is 10.2 Å². The first kappa shape index (κ1) is 19.8. The number of aryl methyl sites for hydroxylation is 1. The van der Waals surface area contributed by atoms with Gasteiger partial charge in [-0.05, 0) is 33.1 Å². The Morgan fingerprint density at radius 2 is 2.12 bits per heavy atom. The molecule has 1 aliphatic heterocycles. The van der Waals surface area contributed by atoms with Gasteiger partial charge >= 0.3 is 0 Å². The standard InChI is InChI=1S/C15H28N6O3S/c1-12(2)16-15(22)14-11-20(18-17-14)10-8-13-7-5-6-9-21(13)25(23,24)19(3)4/h11-13H,5-10H2,1-4H3,(H,16,22). The fourth-order valence-electron chi connectivity index (χ4n) is 2.91. The Labute approximate surface area is 149 Å². The molecule has 1 aromatic heterocycles. The summed E-state index contributed by atoms with van der Waals surface area (Å²) in [5.41, 5.74) is 0.273. The van der Waals surface area contributed by atoms with Gasteiger partial charge in [0.15, 0.2) is 5.69 Å². The summed E-state index contributed by atoms with van der Waals surface area (Å²) in [6.07, 6.45) is 4.98. The van der Waals surface area contributed by atoms with Crippen molar-refractivity contribution in [1.82, 2.24) is 28.9 Å². The highest BCUT2D eigenvalue weighted by Gasteiger charge is 2.33. The third-order valence-electron chi connectivity index (χ3n) is 4.21. The summed E-state index contributed by atoms with van der Waals surface area (Å²) in [6, 6.07) is -0.0250. The van der Waals surface area contributed by atoms with Crippen molar-refractivity contribution in [2.45, 2.75) is 58.2 Å². The lowest BCUT2D eigenvalue weighted by atomic mass is 10.0. The quantitative estimate of drug-likeness (QED) is 0.750. The molecule has 0 bridgehead atoms. The van der Waals surface area contributed by atoms with Crippen LogP contribution in [0.5, 0.6) is 0 Å². The van der Waals surface area contributed by atoms with Crippen LogP contribution in [-0.2, 0) is 16.8 Å². The van der Waals surface area contributed by atoms with Crippen molar-refractivity contribution in [1.29, 1.82) is 0 Å². The summed E-state index contributed by atoms with van der Waals surface area (Å²) >= 11 is 0. The van der Waals surface area contributed by atoms with E-state index in [1.165, 1.54) is 4.31 Å². The van der Waals surface area contributed by atoms with Crippen LogP contribution >= 0.6 is 0 Å². The molecule has 1 atom stereocenters. The third kappa shape index (κ3) is 4.99. The maximum atomic E-state index is 12.5. The predicted octanol–water partition coefficient (Wildman–Crippen LogP) is 0.467. The van der Waals surface area contributed by atoms with Gasteiger partial charge in [0.05, 0.1) is 6.20 Å². The molecule has 0 spiro atoms. The molecule has 25 heavy (non-hydrogen) atoms. The largest absolute Gasteiger partial charge is 0.348 e. The lowest BCUT2D eigenvalue weighted by Gasteiger charge is -2.36. The molecule has 1 aromatic rings. The van der Waals surface area contributed by atoms with E-state index in [4.69, 9.17) is 0 Å². The number of carbonyl (C=O) groups excluding carboxylic acids is 1. The van der Waals surface area contributed by atoms with Crippen molar-refractivity contribution in [2.24, 2.45) is 0 Å². The van der Waals surface area contributed by atoms with Crippen LogP contribution in [0.2, 0.25) is 0 Å². The average molecular weight is 372 g/mol. The molecule has 1 saturated heterocycles. The Kier molecular flexibility index (Phi) is 6.53. The van der Waals surface area contributed by atoms with Gasteiger partial charge in [0.2, 0.25) is 0 Å². The summed E-state index contributed by atoms with van der Waals surface area (Å²) in [5, 5.41) is 10.6. The summed E-state index contributed by atoms with van der Waals surface area (Å²) in [6.45, 7) is 4.83. The van der Waals surface area contributed by atoms with Gasteiger partial charge in [-0.1, -0.05) is 11.6 Å². The van der Waals surface area contributed by atoms with E-state index in [1.54, 1.807) is 29.3 Å². The van der Waals surface area contributed by atoms with Crippen molar-refractivity contribution >= 4 is 16.1 Å². The first-order valence-corrected chi connectivity index (χ1v) is 10.0. The normalized spacial score (nSPS) is 19.5. The van der Waals surface area contributed by atoms with E-state index in [1.807, 2.05) is 13.8 Å². The van der Waals surface area contributed by atoms with Crippen LogP contribution in [0.1, 0.15) is 50.0 Å². The zero-order chi connectivity index (χ0) is 18.6. The van der Waals surface area contributed by atoms with Crippen molar-refractivity contribution < 1.29 is 13.2 Å². The average Bonchev–Trinajstić information content (AvgIpc) is 3.01. The lowest BCUT2D eigenvalue weighted by Crippen LogP contribution is -2.48. The van der Waals surface area contributed by atoms with Crippen molar-refractivity contribution in [2.75, 3.05) is 20.6 Å². The molecule has 0 aromatic carbocycles. The highest BCUT2D eigenvalue weighted by Crippen LogP contribution is 2.24. The zero-order valence-corrected chi connectivity index (χ0v) is 16.2. The smallest absolute Gasteiger partial charge is 0.281 e. The molecule has 1 aliphatic rings. The number of rotatable bonds is 7. The van der Waals surface area contributed by atoms with Gasteiger partial charge in [0.1, 0.15) is 0 Å². The Morgan fingerprint density at radius 1 is 1.40 bits per heavy atom. The molecule has 1 fully saturated rings. The molecule has 0 saturated carbocycles. The van der Waals surface area contributed by atoms with E-state index in [9.17, 15) is 13.2 Å². The molecule has 1 unspecified atom stereocenters. The predicted molar refractivity (Wildman–Crippen MR) is 94.2 cm³/mol. The molecule has 2 heterocycles. The maximum Gasteiger partial charge on any atom is 0.281 e. The van der Waals surface area contributed by atoms with Crippen LogP contribution in [-0.4, -0.2) is 70.7 Å². The van der Waals surface area contributed by atoms with Gasteiger partial charge in [-0.3, -0.25) is 9.48 Å². The second-order valence-electron chi connectivity index (χ2n) is 6.83. The number of piperidine rings is 1. The van der Waals surface area contributed by atoms with E-state index in [-0.39, 0.29) is 23.7 Å². The minimum absolute atomic E-state index is 0.0321. The maximum absolute atomic E-state index is 12.5. The van der Waals surface area contributed by atoms with Crippen molar-refractivity contribution in [3.63, 3.8) is 0 Å². The summed E-state index contributed by atoms with van der Waals surface area (Å²) < 4.78 is 29.4. The van der Waals surface area contributed by atoms with Gasteiger partial charge < -0.3 is 5.32 Å². The topological polar surface area (TPSA) is 100 Å². The summed E-state index contributed by atoms with van der Waals surface area (Å²) in [5.74, 6) is -0.254. The zero-order valence-electron chi connectivity index (χ0n) is 15.3. The van der Waals surface area contributed by atoms with E-state index in [0.29, 0.717) is 19.5 Å². The van der Waals surface area contributed by atoms with Gasteiger partial charge in [-0.25, -0.2) is 0 Å². The minimum atomic E-state index is -3.42. The monoisotopic (exact) mass is 372 g/mol. The number of carbonyl (C=O) groups is 1. The molecule has 9 nitrogen and oxygen atoms in total. The molecule has 2 rings (SSSR count). The molecule has 1 amide bonds. The van der Waals surface area contributed by atoms with Crippen LogP contribution in [0.25, 0.3) is 0 Å². The van der Waals surface area contributed by atoms with Crippen LogP contribution < -0.4 is 5.32 Å². The number of nitrogens with one attached hydrogen (secondary N) is 1. The van der Waals surface area contributed by atoms with Crippen molar-refractivity contribution in [3.8, 4) is 0 Å². The number of aromatic nitrogens is 3. The van der Waals surface area contributed by atoms with E-state index >= 15 is 0 Å². The summed E-state index contributed by atoms with van der Waals surface area (Å²) in [4.78, 5) is 11.9. The molecule has 0 radical (unpaired) electrons. The number of nitrogens with zero attached hydrogens (tertiary/aromatic N) is 5. The molecule has 10 heteroatoms. The molecule has 142 valence electrons. The fraction of sp³-hybridized carbons (Fsp3) is 0.800. The summed E-state index contributed by atoms with van der Waals surface area (Å²) in [7, 11) is -0.311. The van der Waals surface area contributed by atoms with Crippen molar-refractivity contribution in [3.05, 3.63) is 11.9 Å². The fourth-order valence-corrected chi connectivity index (χ4v) is 4.27. The van der Waals surface area contributed by atoms with Gasteiger partial charge in [0.25, 0.3) is 16.1 Å². The highest BCUT2D eigenvalue weighted by atomic mass is 32.2. The van der Waals surface area contributed by atoms with Crippen LogP contribution in [0, 0.1) is 0 Å². The second kappa shape index (κ2) is 8.24. The van der Waals surface area contributed by atoms with Crippen LogP contribution in [0.4, 0.5) is 0 Å². The second-order valence-corrected chi connectivity index (χ2v) is 8.93. The molecule has 1 N–H and O–H groups in total. The Hall–Kier alpha value is -1.52. The van der Waals surface area contributed by atoms with Crippen LogP contribution in [0.3, 0.4) is 0 Å². The Morgan fingerprint density at radius 3 is 2.76 bits per heavy atom. The number of hydrogen-bond donors (Lipinski definition) is 1. The molecule has 0 aliphatic carbocycles. The van der Waals surface area contributed by atoms with E-state index in [0.717, 1.165) is 19.3 Å².